The van der Waals surface area contributed by atoms with E-state index in [2.05, 4.69) is 9.97 Å². The summed E-state index contributed by atoms with van der Waals surface area (Å²) in [6.45, 7) is 1.70. The highest BCUT2D eigenvalue weighted by Crippen LogP contribution is 2.34. The maximum Gasteiger partial charge on any atom is 0.175 e. The van der Waals surface area contributed by atoms with Gasteiger partial charge in [0.05, 0.1) is 15.7 Å². The molecule has 0 fully saturated rings. The van der Waals surface area contributed by atoms with E-state index in [-0.39, 0.29) is 4.90 Å². The average Bonchev–Trinajstić information content (AvgIpc) is 3.35. The van der Waals surface area contributed by atoms with Gasteiger partial charge < -0.3 is 4.57 Å². The lowest BCUT2D eigenvalue weighted by molar-refractivity contribution is 0.592. The summed E-state index contributed by atoms with van der Waals surface area (Å²) in [6, 6.07) is 22.3. The number of sulfone groups is 2. The van der Waals surface area contributed by atoms with E-state index in [1.54, 1.807) is 43.6 Å². The van der Waals surface area contributed by atoms with Crippen LogP contribution in [0.25, 0.3) is 33.7 Å². The van der Waals surface area contributed by atoms with Gasteiger partial charge in [-0.15, -0.1) is 0 Å². The van der Waals surface area contributed by atoms with Crippen molar-refractivity contribution >= 4 is 42.2 Å². The van der Waals surface area contributed by atoms with Crippen LogP contribution in [-0.2, 0) is 26.7 Å². The quantitative estimate of drug-likeness (QED) is 0.231. The van der Waals surface area contributed by atoms with Crippen molar-refractivity contribution in [3.8, 4) is 11.1 Å². The van der Waals surface area contributed by atoms with Gasteiger partial charge >= 0.3 is 0 Å². The molecular weight excluding hydrogens is 542 g/mol. The summed E-state index contributed by atoms with van der Waals surface area (Å²) in [5.41, 5.74) is 5.78. The first-order valence-electron chi connectivity index (χ1n) is 12.6. The zero-order chi connectivity index (χ0) is 28.7. The van der Waals surface area contributed by atoms with Gasteiger partial charge in [0.2, 0.25) is 0 Å². The molecule has 1 atom stereocenters. The van der Waals surface area contributed by atoms with E-state index >= 15 is 0 Å². The van der Waals surface area contributed by atoms with Crippen molar-refractivity contribution in [2.75, 3.05) is 12.5 Å². The van der Waals surface area contributed by atoms with E-state index in [0.29, 0.717) is 5.56 Å². The summed E-state index contributed by atoms with van der Waals surface area (Å²) in [7, 11) is -4.71. The van der Waals surface area contributed by atoms with Gasteiger partial charge in [-0.05, 0) is 71.7 Å². The van der Waals surface area contributed by atoms with Crippen LogP contribution in [0.4, 0.5) is 0 Å². The summed E-state index contributed by atoms with van der Waals surface area (Å²) < 4.78 is 50.7. The highest BCUT2D eigenvalue weighted by molar-refractivity contribution is 7.91. The predicted molar refractivity (Wildman–Crippen MR) is 160 cm³/mol. The Balaban J connectivity index is 1.67. The van der Waals surface area contributed by atoms with Gasteiger partial charge in [-0.1, -0.05) is 36.4 Å². The van der Waals surface area contributed by atoms with Crippen LogP contribution in [0.15, 0.2) is 96.3 Å². The van der Waals surface area contributed by atoms with Crippen molar-refractivity contribution in [2.45, 2.75) is 17.1 Å². The Morgan fingerprint density at radius 2 is 1.62 bits per heavy atom. The number of hydrogen-bond donors (Lipinski definition) is 0. The summed E-state index contributed by atoms with van der Waals surface area (Å²) in [4.78, 5) is 9.41. The maximum absolute atomic E-state index is 12.4. The Morgan fingerprint density at radius 1 is 0.875 bits per heavy atom. The third-order valence-electron chi connectivity index (χ3n) is 7.00. The molecule has 0 N–H and O–H groups in total. The molecule has 7 nitrogen and oxygen atoms in total. The third kappa shape index (κ3) is 5.61. The van der Waals surface area contributed by atoms with Crippen molar-refractivity contribution in [3.05, 3.63) is 114 Å². The molecule has 1 unspecified atom stereocenters. The van der Waals surface area contributed by atoms with Gasteiger partial charge in [-0.3, -0.25) is 4.98 Å². The average molecular weight is 572 g/mol. The molecule has 0 aliphatic carbocycles. The minimum atomic E-state index is -3.32. The van der Waals surface area contributed by atoms with Crippen molar-refractivity contribution in [2.24, 2.45) is 7.05 Å². The molecule has 40 heavy (non-hydrogen) atoms. The lowest BCUT2D eigenvalue weighted by Crippen LogP contribution is -2.08. The van der Waals surface area contributed by atoms with E-state index in [9.17, 15) is 16.8 Å². The molecule has 9 heteroatoms. The summed E-state index contributed by atoms with van der Waals surface area (Å²) in [5.74, 6) is 0.730. The van der Waals surface area contributed by atoms with E-state index < -0.39 is 24.9 Å². The third-order valence-corrected chi connectivity index (χ3v) is 9.69. The predicted octanol–water partition coefficient (Wildman–Crippen LogP) is 5.73. The normalized spacial score (nSPS) is 13.4. The monoisotopic (exact) mass is 571 g/mol. The highest BCUT2D eigenvalue weighted by Gasteiger charge is 2.20. The molecule has 0 saturated carbocycles. The molecule has 0 saturated heterocycles. The fraction of sp³-hybridized carbons (Fsp3) is 0.161. The highest BCUT2D eigenvalue weighted by atomic mass is 32.2. The number of pyridine rings is 1. The fourth-order valence-corrected chi connectivity index (χ4v) is 5.92. The van der Waals surface area contributed by atoms with Gasteiger partial charge in [0.25, 0.3) is 0 Å². The van der Waals surface area contributed by atoms with Gasteiger partial charge in [0.15, 0.2) is 19.7 Å². The number of rotatable bonds is 7. The first-order valence-corrected chi connectivity index (χ1v) is 16.4. The minimum Gasteiger partial charge on any atom is -0.334 e. The zero-order valence-electron chi connectivity index (χ0n) is 22.6. The van der Waals surface area contributed by atoms with Gasteiger partial charge in [0, 0.05) is 54.7 Å². The van der Waals surface area contributed by atoms with Crippen molar-refractivity contribution in [1.29, 1.82) is 0 Å². The Bertz CT molecular complexity index is 1970. The first-order chi connectivity index (χ1) is 18.9. The number of aryl methyl sites for hydroxylation is 1. The molecule has 0 amide bonds. The Hall–Kier alpha value is -4.08. The van der Waals surface area contributed by atoms with E-state index in [4.69, 9.17) is 0 Å². The Kier molecular flexibility index (Phi) is 7.20. The van der Waals surface area contributed by atoms with E-state index in [0.717, 1.165) is 44.6 Å². The van der Waals surface area contributed by atoms with Gasteiger partial charge in [0.1, 0.15) is 5.82 Å². The van der Waals surface area contributed by atoms with Crippen LogP contribution in [-0.4, -0.2) is 43.9 Å². The van der Waals surface area contributed by atoms with Crippen molar-refractivity contribution in [1.82, 2.24) is 14.5 Å². The van der Waals surface area contributed by atoms with Crippen LogP contribution in [0.3, 0.4) is 0 Å². The second kappa shape index (κ2) is 10.5. The van der Waals surface area contributed by atoms with Gasteiger partial charge in [-0.2, -0.15) is 0 Å². The second-order valence-corrected chi connectivity index (χ2v) is 14.3. The number of aromatic nitrogens is 3. The lowest BCUT2D eigenvalue weighted by Gasteiger charge is -2.15. The van der Waals surface area contributed by atoms with Crippen molar-refractivity contribution < 1.29 is 16.8 Å². The van der Waals surface area contributed by atoms with E-state index in [1.807, 2.05) is 72.4 Å². The minimum absolute atomic E-state index is 0.250. The van der Waals surface area contributed by atoms with Crippen molar-refractivity contribution in [3.63, 3.8) is 0 Å². The van der Waals surface area contributed by atoms with Gasteiger partial charge in [-0.25, -0.2) is 21.8 Å². The van der Waals surface area contributed by atoms with E-state index in [1.165, 1.54) is 12.5 Å². The molecule has 3 aromatic carbocycles. The molecule has 0 aliphatic heterocycles. The number of hydrogen-bond acceptors (Lipinski definition) is 6. The molecule has 5 aromatic rings. The molecule has 0 spiro atoms. The van der Waals surface area contributed by atoms with Crippen LogP contribution in [0.5, 0.6) is 0 Å². The number of nitrogens with zero attached hydrogens (tertiary/aromatic N) is 3. The lowest BCUT2D eigenvalue weighted by atomic mass is 9.95. The molecule has 0 radical (unpaired) electrons. The zero-order valence-corrected chi connectivity index (χ0v) is 24.2. The summed E-state index contributed by atoms with van der Waals surface area (Å²) in [6.07, 6.45) is 9.76. The summed E-state index contributed by atoms with van der Waals surface area (Å²) >= 11 is 0. The van der Waals surface area contributed by atoms with Crippen LogP contribution in [0.1, 0.15) is 34.7 Å². The smallest absolute Gasteiger partial charge is 0.175 e. The molecular formula is C31H29N3O4S2. The maximum atomic E-state index is 12.4. The molecule has 204 valence electrons. The Morgan fingerprint density at radius 3 is 2.27 bits per heavy atom. The number of benzene rings is 3. The SMILES string of the molecule is CC(c1cc(-c2cccc(C=C(c3ccc(S(C)(=O)=O)cc3)c3nccn3C)c2)c2ncccc2c1)S(C)(=O)=O. The van der Waals surface area contributed by atoms with Crippen LogP contribution in [0, 0.1) is 0 Å². The summed E-state index contributed by atoms with van der Waals surface area (Å²) in [5, 5.41) is 0.204. The molecule has 2 aromatic heterocycles. The molecule has 5 rings (SSSR count). The second-order valence-electron chi connectivity index (χ2n) is 9.96. The largest absolute Gasteiger partial charge is 0.334 e. The van der Waals surface area contributed by atoms with Crippen LogP contribution in [0.2, 0.25) is 0 Å². The fourth-order valence-electron chi connectivity index (χ4n) is 4.66. The molecule has 0 bridgehead atoms. The van der Waals surface area contributed by atoms with Crippen LogP contribution >= 0.6 is 0 Å². The number of imidazole rings is 1. The Labute approximate surface area is 234 Å². The standard InChI is InChI=1S/C31H29N3O4S2/c1-21(39(3,35)36)26-19-25-9-6-14-32-30(25)28(20-26)24-8-5-7-22(17-24)18-29(31-33-15-16-34(31)2)23-10-12-27(13-11-23)40(4,37)38/h5-21H,1-4H3. The topological polar surface area (TPSA) is 99.0 Å². The van der Waals surface area contributed by atoms with Crippen LogP contribution < -0.4 is 0 Å². The molecule has 2 heterocycles. The molecule has 0 aliphatic rings. The first kappa shape index (κ1) is 27.5. The number of fused-ring (bicyclic) bond motifs is 1.